The Morgan fingerprint density at radius 1 is 1.13 bits per heavy atom. The van der Waals surface area contributed by atoms with Crippen molar-refractivity contribution in [2.45, 2.75) is 52.6 Å². The average molecular weight is 216 g/mol. The number of carbonyl (C=O) groups excluding carboxylic acids is 2. The third-order valence-electron chi connectivity index (χ3n) is 1.75. The zero-order valence-corrected chi connectivity index (χ0v) is 9.96. The summed E-state index contributed by atoms with van der Waals surface area (Å²) in [4.78, 5) is 22.7. The van der Waals surface area contributed by atoms with Crippen LogP contribution in [-0.2, 0) is 19.1 Å². The molecule has 0 bridgehead atoms. The lowest BCUT2D eigenvalue weighted by molar-refractivity contribution is -0.178. The van der Waals surface area contributed by atoms with Gasteiger partial charge in [-0.15, -0.1) is 0 Å². The summed E-state index contributed by atoms with van der Waals surface area (Å²) < 4.78 is 9.94. The molecule has 0 fully saturated rings. The Morgan fingerprint density at radius 3 is 2.20 bits per heavy atom. The molecule has 4 nitrogen and oxygen atoms in total. The first kappa shape index (κ1) is 13.9. The maximum atomic E-state index is 11.5. The molecular weight excluding hydrogens is 196 g/mol. The number of ether oxygens (including phenoxy) is 2. The second-order valence-electron chi connectivity index (χ2n) is 3.87. The van der Waals surface area contributed by atoms with Gasteiger partial charge in [0.05, 0.1) is 6.61 Å². The van der Waals surface area contributed by atoms with E-state index in [4.69, 9.17) is 9.47 Å². The van der Waals surface area contributed by atoms with Gasteiger partial charge in [0.2, 0.25) is 5.60 Å². The Labute approximate surface area is 90.9 Å². The van der Waals surface area contributed by atoms with E-state index in [1.165, 1.54) is 0 Å². The van der Waals surface area contributed by atoms with Crippen molar-refractivity contribution in [3.63, 3.8) is 0 Å². The quantitative estimate of drug-likeness (QED) is 0.638. The van der Waals surface area contributed by atoms with Crippen molar-refractivity contribution in [3.05, 3.63) is 0 Å². The van der Waals surface area contributed by atoms with Crippen LogP contribution in [0.4, 0.5) is 0 Å². The largest absolute Gasteiger partial charge is 0.463 e. The van der Waals surface area contributed by atoms with Gasteiger partial charge in [0.15, 0.2) is 0 Å². The number of hydrogen-bond donors (Lipinski definition) is 0. The van der Waals surface area contributed by atoms with Gasteiger partial charge in [-0.05, 0) is 26.7 Å². The topological polar surface area (TPSA) is 52.6 Å². The summed E-state index contributed by atoms with van der Waals surface area (Å²) in [6, 6.07) is 0. The van der Waals surface area contributed by atoms with Crippen LogP contribution in [0.3, 0.4) is 0 Å². The summed E-state index contributed by atoms with van der Waals surface area (Å²) in [7, 11) is 0. The van der Waals surface area contributed by atoms with Crippen LogP contribution in [0.25, 0.3) is 0 Å². The van der Waals surface area contributed by atoms with E-state index in [2.05, 4.69) is 0 Å². The molecule has 0 heterocycles. The molecule has 88 valence electrons. The van der Waals surface area contributed by atoms with E-state index in [0.717, 1.165) is 6.42 Å². The highest BCUT2D eigenvalue weighted by Gasteiger charge is 2.33. The Morgan fingerprint density at radius 2 is 1.73 bits per heavy atom. The predicted octanol–water partition coefficient (Wildman–Crippen LogP) is 2.06. The first-order chi connectivity index (χ1) is 6.94. The van der Waals surface area contributed by atoms with Crippen molar-refractivity contribution >= 4 is 11.9 Å². The zero-order valence-electron chi connectivity index (χ0n) is 9.96. The second-order valence-corrected chi connectivity index (χ2v) is 3.87. The third kappa shape index (κ3) is 5.40. The number of esters is 2. The fourth-order valence-electron chi connectivity index (χ4n) is 0.950. The maximum absolute atomic E-state index is 11.5. The smallest absolute Gasteiger partial charge is 0.350 e. The van der Waals surface area contributed by atoms with Crippen molar-refractivity contribution in [1.29, 1.82) is 0 Å². The fraction of sp³-hybridized carbons (Fsp3) is 0.818. The van der Waals surface area contributed by atoms with Crippen LogP contribution in [0, 0.1) is 0 Å². The highest BCUT2D eigenvalue weighted by molar-refractivity contribution is 5.82. The summed E-state index contributed by atoms with van der Waals surface area (Å²) in [5.41, 5.74) is -1.18. The van der Waals surface area contributed by atoms with Crippen molar-refractivity contribution < 1.29 is 19.1 Å². The molecule has 0 aromatic heterocycles. The van der Waals surface area contributed by atoms with Gasteiger partial charge in [-0.1, -0.05) is 13.8 Å². The van der Waals surface area contributed by atoms with Gasteiger partial charge in [0, 0.05) is 6.42 Å². The lowest BCUT2D eigenvalue weighted by Gasteiger charge is -2.22. The lowest BCUT2D eigenvalue weighted by atomic mass is 10.1. The first-order valence-corrected chi connectivity index (χ1v) is 5.33. The van der Waals surface area contributed by atoms with Crippen molar-refractivity contribution in [3.8, 4) is 0 Å². The van der Waals surface area contributed by atoms with E-state index >= 15 is 0 Å². The highest BCUT2D eigenvalue weighted by Crippen LogP contribution is 2.13. The number of rotatable bonds is 6. The Bertz CT molecular complexity index is 221. The minimum Gasteiger partial charge on any atom is -0.463 e. The van der Waals surface area contributed by atoms with Gasteiger partial charge < -0.3 is 9.47 Å². The minimum atomic E-state index is -1.18. The highest BCUT2D eigenvalue weighted by atomic mass is 16.6. The molecule has 4 heteroatoms. The van der Waals surface area contributed by atoms with E-state index in [9.17, 15) is 9.59 Å². The van der Waals surface area contributed by atoms with Crippen LogP contribution in [0.1, 0.15) is 47.0 Å². The maximum Gasteiger partial charge on any atom is 0.350 e. The van der Waals surface area contributed by atoms with Crippen molar-refractivity contribution in [1.82, 2.24) is 0 Å². The molecule has 0 aromatic rings. The van der Waals surface area contributed by atoms with Crippen molar-refractivity contribution in [2.75, 3.05) is 6.61 Å². The van der Waals surface area contributed by atoms with Gasteiger partial charge in [0.25, 0.3) is 0 Å². The second kappa shape index (κ2) is 6.43. The Hall–Kier alpha value is -1.06. The molecule has 0 spiro atoms. The van der Waals surface area contributed by atoms with Crippen LogP contribution in [0.5, 0.6) is 0 Å². The third-order valence-corrected chi connectivity index (χ3v) is 1.75. The molecule has 0 atom stereocenters. The molecule has 0 saturated heterocycles. The van der Waals surface area contributed by atoms with E-state index in [0.29, 0.717) is 19.4 Å². The Kier molecular flexibility index (Phi) is 5.97. The van der Waals surface area contributed by atoms with Gasteiger partial charge in [-0.2, -0.15) is 0 Å². The number of carbonyl (C=O) groups is 2. The number of hydrogen-bond acceptors (Lipinski definition) is 4. The first-order valence-electron chi connectivity index (χ1n) is 5.33. The molecule has 0 aliphatic heterocycles. The van der Waals surface area contributed by atoms with Gasteiger partial charge in [-0.25, -0.2) is 4.79 Å². The van der Waals surface area contributed by atoms with Crippen molar-refractivity contribution in [2.24, 2.45) is 0 Å². The lowest BCUT2D eigenvalue weighted by Crippen LogP contribution is -2.38. The molecular formula is C11H20O4. The molecule has 0 aliphatic rings. The van der Waals surface area contributed by atoms with E-state index < -0.39 is 11.6 Å². The molecule has 0 unspecified atom stereocenters. The molecule has 0 saturated carbocycles. The fourth-order valence-corrected chi connectivity index (χ4v) is 0.950. The summed E-state index contributed by atoms with van der Waals surface area (Å²) in [5, 5.41) is 0. The molecule has 0 aliphatic carbocycles. The average Bonchev–Trinajstić information content (AvgIpc) is 2.13. The van der Waals surface area contributed by atoms with E-state index in [-0.39, 0.29) is 5.97 Å². The zero-order chi connectivity index (χ0) is 11.9. The normalized spacial score (nSPS) is 10.9. The van der Waals surface area contributed by atoms with Crippen LogP contribution in [-0.4, -0.2) is 24.1 Å². The SMILES string of the molecule is CCCOC(=O)C(C)(C)OC(=O)CCC. The summed E-state index contributed by atoms with van der Waals surface area (Å²) in [6.45, 7) is 7.22. The molecule has 0 rings (SSSR count). The summed E-state index contributed by atoms with van der Waals surface area (Å²) in [5.74, 6) is -0.857. The summed E-state index contributed by atoms with van der Waals surface area (Å²) >= 11 is 0. The predicted molar refractivity (Wildman–Crippen MR) is 56.3 cm³/mol. The molecule has 15 heavy (non-hydrogen) atoms. The van der Waals surface area contributed by atoms with Gasteiger partial charge >= 0.3 is 11.9 Å². The standard InChI is InChI=1S/C11H20O4/c1-5-7-9(12)15-11(3,4)10(13)14-8-6-2/h5-8H2,1-4H3. The van der Waals surface area contributed by atoms with Crippen LogP contribution >= 0.6 is 0 Å². The Balaban J connectivity index is 4.15. The van der Waals surface area contributed by atoms with E-state index in [1.54, 1.807) is 13.8 Å². The monoisotopic (exact) mass is 216 g/mol. The van der Waals surface area contributed by atoms with Crippen LogP contribution in [0.15, 0.2) is 0 Å². The molecule has 0 aromatic carbocycles. The van der Waals surface area contributed by atoms with Gasteiger partial charge in [-0.3, -0.25) is 4.79 Å². The van der Waals surface area contributed by atoms with Gasteiger partial charge in [0.1, 0.15) is 0 Å². The summed E-state index contributed by atoms with van der Waals surface area (Å²) in [6.07, 6.45) is 1.79. The molecule has 0 N–H and O–H groups in total. The molecule has 0 amide bonds. The van der Waals surface area contributed by atoms with Crippen LogP contribution < -0.4 is 0 Å². The van der Waals surface area contributed by atoms with E-state index in [1.807, 2.05) is 13.8 Å². The van der Waals surface area contributed by atoms with Crippen LogP contribution in [0.2, 0.25) is 0 Å². The minimum absolute atomic E-state index is 0.324. The molecule has 0 radical (unpaired) electrons.